The van der Waals surface area contributed by atoms with E-state index in [2.05, 4.69) is 10.3 Å². The van der Waals surface area contributed by atoms with Gasteiger partial charge in [-0.15, -0.1) is 0 Å². The topological polar surface area (TPSA) is 163 Å². The fourth-order valence-corrected chi connectivity index (χ4v) is 2.55. The highest BCUT2D eigenvalue weighted by Crippen LogP contribution is 2.13. The second kappa shape index (κ2) is 9.35. The second-order valence-corrected chi connectivity index (χ2v) is 6.17. The molecule has 27 heavy (non-hydrogen) atoms. The Morgan fingerprint density at radius 1 is 0.889 bits per heavy atom. The average molecular weight is 368 g/mol. The third-order valence-electron chi connectivity index (χ3n) is 3.93. The number of carbonyl (C=O) groups excluding carboxylic acids is 2. The van der Waals surface area contributed by atoms with Crippen LogP contribution in [0.1, 0.15) is 11.1 Å². The zero-order valence-corrected chi connectivity index (χ0v) is 14.8. The third-order valence-corrected chi connectivity index (χ3v) is 3.93. The van der Waals surface area contributed by atoms with Gasteiger partial charge in [0.1, 0.15) is 6.04 Å². The van der Waals surface area contributed by atoms with Gasteiger partial charge in [-0.05, 0) is 29.7 Å². The van der Waals surface area contributed by atoms with Crippen LogP contribution in [0, 0.1) is 0 Å². The molecule has 0 aliphatic rings. The van der Waals surface area contributed by atoms with Gasteiger partial charge in [0.15, 0.2) is 5.96 Å². The summed E-state index contributed by atoms with van der Waals surface area (Å²) in [5.41, 5.74) is 24.4. The highest BCUT2D eigenvalue weighted by Gasteiger charge is 2.22. The number of hydrogen-bond donors (Lipinski definition) is 5. The summed E-state index contributed by atoms with van der Waals surface area (Å²) < 4.78 is 0. The summed E-state index contributed by atoms with van der Waals surface area (Å²) in [6.07, 6.45) is 0.604. The van der Waals surface area contributed by atoms with E-state index in [9.17, 15) is 9.59 Å². The lowest BCUT2D eigenvalue weighted by atomic mass is 10.0. The van der Waals surface area contributed by atoms with Crippen LogP contribution in [0.15, 0.2) is 59.6 Å². The van der Waals surface area contributed by atoms with Gasteiger partial charge < -0.3 is 28.3 Å². The quantitative estimate of drug-likeness (QED) is 0.318. The van der Waals surface area contributed by atoms with Crippen molar-refractivity contribution >= 4 is 23.5 Å². The molecule has 2 aromatic rings. The zero-order valence-electron chi connectivity index (χ0n) is 14.8. The summed E-state index contributed by atoms with van der Waals surface area (Å²) >= 11 is 0. The Morgan fingerprint density at radius 3 is 2.04 bits per heavy atom. The number of benzene rings is 2. The molecule has 0 aliphatic carbocycles. The van der Waals surface area contributed by atoms with Crippen molar-refractivity contribution in [2.24, 2.45) is 27.9 Å². The predicted octanol–water partition coefficient (Wildman–Crippen LogP) is -0.326. The van der Waals surface area contributed by atoms with Crippen LogP contribution in [0.4, 0.5) is 5.69 Å². The maximum Gasteiger partial charge on any atom is 0.240 e. The van der Waals surface area contributed by atoms with E-state index in [0.29, 0.717) is 18.5 Å². The summed E-state index contributed by atoms with van der Waals surface area (Å²) in [4.78, 5) is 28.0. The number of nitrogens with one attached hydrogen (secondary N) is 1. The second-order valence-electron chi connectivity index (χ2n) is 6.17. The molecule has 8 nitrogen and oxygen atoms in total. The van der Waals surface area contributed by atoms with Crippen LogP contribution in [0.5, 0.6) is 0 Å². The van der Waals surface area contributed by atoms with Gasteiger partial charge >= 0.3 is 0 Å². The van der Waals surface area contributed by atoms with E-state index in [0.717, 1.165) is 11.1 Å². The molecule has 0 heterocycles. The Labute approximate surface area is 157 Å². The maximum atomic E-state index is 12.4. The van der Waals surface area contributed by atoms with Crippen molar-refractivity contribution in [2.45, 2.75) is 24.9 Å². The molecule has 0 saturated heterocycles. The number of nitrogens with zero attached hydrogens (tertiary/aromatic N) is 1. The minimum absolute atomic E-state index is 0.0326. The van der Waals surface area contributed by atoms with Crippen molar-refractivity contribution in [3.05, 3.63) is 65.7 Å². The smallest absolute Gasteiger partial charge is 0.240 e. The van der Waals surface area contributed by atoms with Crippen molar-refractivity contribution < 1.29 is 9.59 Å². The number of hydrogen-bond acceptors (Lipinski definition) is 4. The Kier molecular flexibility index (Phi) is 6.90. The molecule has 8 heteroatoms. The van der Waals surface area contributed by atoms with E-state index in [1.54, 1.807) is 24.3 Å². The third kappa shape index (κ3) is 6.44. The number of nitrogens with two attached hydrogens (primary N) is 4. The van der Waals surface area contributed by atoms with Gasteiger partial charge in [-0.3, -0.25) is 9.59 Å². The van der Waals surface area contributed by atoms with E-state index in [1.807, 2.05) is 30.3 Å². The van der Waals surface area contributed by atoms with Gasteiger partial charge in [-0.2, -0.15) is 0 Å². The van der Waals surface area contributed by atoms with Crippen molar-refractivity contribution in [1.82, 2.24) is 5.32 Å². The number of guanidine groups is 1. The fraction of sp³-hybridized carbons (Fsp3) is 0.211. The van der Waals surface area contributed by atoms with Crippen molar-refractivity contribution in [1.29, 1.82) is 0 Å². The molecule has 0 aromatic heterocycles. The predicted molar refractivity (Wildman–Crippen MR) is 105 cm³/mol. The molecule has 0 spiro atoms. The molecule has 0 bridgehead atoms. The van der Waals surface area contributed by atoms with Crippen LogP contribution in [0.2, 0.25) is 0 Å². The molecule has 9 N–H and O–H groups in total. The van der Waals surface area contributed by atoms with Crippen LogP contribution >= 0.6 is 0 Å². The van der Waals surface area contributed by atoms with Crippen molar-refractivity contribution in [3.63, 3.8) is 0 Å². The van der Waals surface area contributed by atoms with Crippen LogP contribution in [0.3, 0.4) is 0 Å². The van der Waals surface area contributed by atoms with Crippen molar-refractivity contribution in [3.8, 4) is 0 Å². The normalized spacial score (nSPS) is 12.6. The molecule has 2 atom stereocenters. The van der Waals surface area contributed by atoms with Crippen LogP contribution in [-0.2, 0) is 22.4 Å². The minimum atomic E-state index is -0.824. The number of rotatable bonds is 8. The van der Waals surface area contributed by atoms with Gasteiger partial charge in [-0.25, -0.2) is 4.99 Å². The first-order chi connectivity index (χ1) is 12.8. The van der Waals surface area contributed by atoms with Crippen LogP contribution in [0.25, 0.3) is 0 Å². The molecule has 2 rings (SSSR count). The number of amides is 2. The van der Waals surface area contributed by atoms with Gasteiger partial charge in [0.2, 0.25) is 11.8 Å². The minimum Gasteiger partial charge on any atom is -0.370 e. The van der Waals surface area contributed by atoms with Crippen molar-refractivity contribution in [2.75, 3.05) is 0 Å². The summed E-state index contributed by atoms with van der Waals surface area (Å²) in [5.74, 6) is -1.08. The standard InChI is InChI=1S/C19H24N6O2/c20-15(10-13-6-8-14(9-7-13)24-19(22)23)18(27)25-16(17(21)26)11-12-4-2-1-3-5-12/h1-9,15-16H,10-11,20H2,(H2,21,26)(H,25,27)(H4,22,23,24)/t15-,16-/m0/s1. The van der Waals surface area contributed by atoms with Gasteiger partial charge in [0, 0.05) is 6.42 Å². The first kappa shape index (κ1) is 19.9. The first-order valence-corrected chi connectivity index (χ1v) is 8.43. The summed E-state index contributed by atoms with van der Waals surface area (Å²) in [5, 5.41) is 2.63. The fourth-order valence-electron chi connectivity index (χ4n) is 2.55. The number of primary amides is 1. The van der Waals surface area contributed by atoms with Crippen LogP contribution in [-0.4, -0.2) is 29.9 Å². The van der Waals surface area contributed by atoms with E-state index in [4.69, 9.17) is 22.9 Å². The lowest BCUT2D eigenvalue weighted by molar-refractivity contribution is -0.128. The summed E-state index contributed by atoms with van der Waals surface area (Å²) in [7, 11) is 0. The van der Waals surface area contributed by atoms with Crippen LogP contribution < -0.4 is 28.3 Å². The van der Waals surface area contributed by atoms with E-state index < -0.39 is 23.9 Å². The van der Waals surface area contributed by atoms with E-state index >= 15 is 0 Å². The Balaban J connectivity index is 1.96. The Morgan fingerprint density at radius 2 is 1.48 bits per heavy atom. The molecular weight excluding hydrogens is 344 g/mol. The van der Waals surface area contributed by atoms with Gasteiger partial charge in [-0.1, -0.05) is 42.5 Å². The average Bonchev–Trinajstić information content (AvgIpc) is 2.63. The lowest BCUT2D eigenvalue weighted by Crippen LogP contribution is -2.51. The largest absolute Gasteiger partial charge is 0.370 e. The molecule has 0 aliphatic heterocycles. The van der Waals surface area contributed by atoms with E-state index in [-0.39, 0.29) is 5.96 Å². The molecule has 0 fully saturated rings. The Hall–Kier alpha value is -3.39. The highest BCUT2D eigenvalue weighted by molar-refractivity contribution is 5.89. The van der Waals surface area contributed by atoms with E-state index in [1.165, 1.54) is 0 Å². The number of aliphatic imine (C=N–C) groups is 1. The molecule has 2 aromatic carbocycles. The summed E-state index contributed by atoms with van der Waals surface area (Å²) in [6.45, 7) is 0. The molecular formula is C19H24N6O2. The maximum absolute atomic E-state index is 12.4. The lowest BCUT2D eigenvalue weighted by Gasteiger charge is -2.19. The summed E-state index contributed by atoms with van der Waals surface area (Å²) in [6, 6.07) is 14.7. The van der Waals surface area contributed by atoms with Gasteiger partial charge in [0.25, 0.3) is 0 Å². The van der Waals surface area contributed by atoms with Gasteiger partial charge in [0.05, 0.1) is 11.7 Å². The SMILES string of the molecule is NC(=O)[C@H](Cc1ccccc1)NC(=O)[C@@H](N)Cc1ccc(N=C(N)N)cc1. The first-order valence-electron chi connectivity index (χ1n) is 8.43. The number of carbonyl (C=O) groups is 2. The molecule has 0 saturated carbocycles. The highest BCUT2D eigenvalue weighted by atomic mass is 16.2. The molecule has 0 unspecified atom stereocenters. The Bertz CT molecular complexity index is 801. The monoisotopic (exact) mass is 368 g/mol. The molecule has 0 radical (unpaired) electrons. The zero-order chi connectivity index (χ0) is 19.8. The molecule has 2 amide bonds. The molecule has 142 valence electrons.